The predicted octanol–water partition coefficient (Wildman–Crippen LogP) is 4.24. The lowest BCUT2D eigenvalue weighted by atomic mass is 10.1. The van der Waals surface area contributed by atoms with E-state index in [9.17, 15) is 18.4 Å². The minimum absolute atomic E-state index is 0.0859. The summed E-state index contributed by atoms with van der Waals surface area (Å²) in [6, 6.07) is 14.2. The van der Waals surface area contributed by atoms with Crippen LogP contribution in [0.1, 0.15) is 27.0 Å². The summed E-state index contributed by atoms with van der Waals surface area (Å²) in [5.41, 5.74) is 1.81. The van der Waals surface area contributed by atoms with Crippen molar-refractivity contribution in [2.24, 2.45) is 0 Å². The van der Waals surface area contributed by atoms with E-state index in [0.29, 0.717) is 17.0 Å². The highest BCUT2D eigenvalue weighted by molar-refractivity contribution is 5.93. The third-order valence-corrected chi connectivity index (χ3v) is 6.45. The minimum atomic E-state index is -1.05. The van der Waals surface area contributed by atoms with Gasteiger partial charge in [0.25, 0.3) is 11.5 Å². The molecule has 0 aliphatic rings. The molecule has 0 fully saturated rings. The van der Waals surface area contributed by atoms with Crippen molar-refractivity contribution >= 4 is 28.4 Å². The SMILES string of the molecule is CN(C)Cc1ccc(Nc2ncc3c(F)c(C#CCNC(=O)c4cncn(Cc5ccc(F)c(F)c5)c4=O)ccc3n2)cc1. The first-order chi connectivity index (χ1) is 21.2. The van der Waals surface area contributed by atoms with Crippen LogP contribution < -0.4 is 16.2 Å². The summed E-state index contributed by atoms with van der Waals surface area (Å²) in [6.07, 6.45) is 3.66. The van der Waals surface area contributed by atoms with Crippen molar-refractivity contribution in [1.29, 1.82) is 0 Å². The summed E-state index contributed by atoms with van der Waals surface area (Å²) in [6.45, 7) is 0.524. The molecule has 1 amide bonds. The lowest BCUT2D eigenvalue weighted by Gasteiger charge is -2.11. The molecule has 0 bridgehead atoms. The zero-order chi connectivity index (χ0) is 31.2. The zero-order valence-corrected chi connectivity index (χ0v) is 23.7. The first kappa shape index (κ1) is 29.9. The number of carbonyl (C=O) groups excluding carboxylic acids is 1. The molecule has 0 spiro atoms. The van der Waals surface area contributed by atoms with Gasteiger partial charge in [0, 0.05) is 24.6 Å². The highest BCUT2D eigenvalue weighted by Gasteiger charge is 2.14. The topological polar surface area (TPSA) is 105 Å². The fraction of sp³-hybridized carbons (Fsp3) is 0.156. The molecule has 3 aromatic carbocycles. The average molecular weight is 598 g/mol. The molecule has 222 valence electrons. The van der Waals surface area contributed by atoms with Crippen LogP contribution in [0.3, 0.4) is 0 Å². The van der Waals surface area contributed by atoms with Gasteiger partial charge in [0.2, 0.25) is 5.95 Å². The van der Waals surface area contributed by atoms with Crippen molar-refractivity contribution in [3.8, 4) is 11.8 Å². The van der Waals surface area contributed by atoms with Gasteiger partial charge in [-0.05, 0) is 61.6 Å². The van der Waals surface area contributed by atoms with E-state index in [-0.39, 0.29) is 29.6 Å². The van der Waals surface area contributed by atoms with Crippen molar-refractivity contribution in [3.05, 3.63) is 123 Å². The molecule has 0 aliphatic heterocycles. The van der Waals surface area contributed by atoms with Crippen LogP contribution in [0.25, 0.3) is 10.9 Å². The number of aromatic nitrogens is 4. The Hall–Kier alpha value is -5.54. The number of hydrogen-bond acceptors (Lipinski definition) is 7. The number of hydrogen-bond donors (Lipinski definition) is 2. The molecule has 5 aromatic rings. The Morgan fingerprint density at radius 2 is 1.75 bits per heavy atom. The fourth-order valence-electron chi connectivity index (χ4n) is 4.33. The summed E-state index contributed by atoms with van der Waals surface area (Å²) in [5, 5.41) is 5.79. The molecule has 12 heteroatoms. The lowest BCUT2D eigenvalue weighted by molar-refractivity contribution is 0.0956. The quantitative estimate of drug-likeness (QED) is 0.258. The van der Waals surface area contributed by atoms with Crippen molar-refractivity contribution in [2.75, 3.05) is 26.0 Å². The molecular weight excluding hydrogens is 571 g/mol. The van der Waals surface area contributed by atoms with Crippen molar-refractivity contribution in [2.45, 2.75) is 13.1 Å². The molecule has 5 rings (SSSR count). The van der Waals surface area contributed by atoms with Gasteiger partial charge in [0.05, 0.1) is 35.9 Å². The smallest absolute Gasteiger partial charge is 0.266 e. The van der Waals surface area contributed by atoms with Gasteiger partial charge in [-0.25, -0.2) is 28.1 Å². The summed E-state index contributed by atoms with van der Waals surface area (Å²) in [4.78, 5) is 40.0. The number of rotatable bonds is 8. The van der Waals surface area contributed by atoms with Crippen molar-refractivity contribution < 1.29 is 18.0 Å². The Bertz CT molecular complexity index is 1970. The number of nitrogens with one attached hydrogen (secondary N) is 2. The van der Waals surface area contributed by atoms with Crippen LogP contribution in [0, 0.1) is 29.3 Å². The number of amides is 1. The van der Waals surface area contributed by atoms with Gasteiger partial charge in [-0.2, -0.15) is 0 Å². The largest absolute Gasteiger partial charge is 0.341 e. The van der Waals surface area contributed by atoms with Crippen molar-refractivity contribution in [1.82, 2.24) is 29.7 Å². The van der Waals surface area contributed by atoms with E-state index in [1.54, 1.807) is 6.07 Å². The minimum Gasteiger partial charge on any atom is -0.341 e. The second kappa shape index (κ2) is 13.2. The number of benzene rings is 3. The number of fused-ring (bicyclic) bond motifs is 1. The van der Waals surface area contributed by atoms with Crippen LogP contribution in [-0.4, -0.2) is 51.0 Å². The highest BCUT2D eigenvalue weighted by Crippen LogP contribution is 2.21. The molecule has 2 aromatic heterocycles. The lowest BCUT2D eigenvalue weighted by Crippen LogP contribution is -2.33. The van der Waals surface area contributed by atoms with E-state index < -0.39 is 28.9 Å². The molecule has 0 saturated carbocycles. The molecule has 0 unspecified atom stereocenters. The monoisotopic (exact) mass is 597 g/mol. The Morgan fingerprint density at radius 1 is 0.977 bits per heavy atom. The van der Waals surface area contributed by atoms with E-state index in [4.69, 9.17) is 0 Å². The Morgan fingerprint density at radius 3 is 2.50 bits per heavy atom. The molecular formula is C32H26F3N7O2. The number of anilines is 2. The second-order valence-corrected chi connectivity index (χ2v) is 10.1. The molecule has 0 aliphatic carbocycles. The van der Waals surface area contributed by atoms with Gasteiger partial charge in [-0.1, -0.05) is 30.0 Å². The number of halogens is 3. The average Bonchev–Trinajstić information content (AvgIpc) is 3.00. The first-order valence-corrected chi connectivity index (χ1v) is 13.4. The second-order valence-electron chi connectivity index (χ2n) is 10.1. The molecule has 9 nitrogen and oxygen atoms in total. The summed E-state index contributed by atoms with van der Waals surface area (Å²) in [5.74, 6) is 2.26. The highest BCUT2D eigenvalue weighted by atomic mass is 19.2. The van der Waals surface area contributed by atoms with Crippen LogP contribution in [0.5, 0.6) is 0 Å². The maximum Gasteiger partial charge on any atom is 0.266 e. The molecule has 2 N–H and O–H groups in total. The molecule has 2 heterocycles. The summed E-state index contributed by atoms with van der Waals surface area (Å²) in [7, 11) is 4.00. The molecule has 0 radical (unpaired) electrons. The van der Waals surface area contributed by atoms with Crippen LogP contribution in [0.2, 0.25) is 0 Å². The predicted molar refractivity (Wildman–Crippen MR) is 160 cm³/mol. The van der Waals surface area contributed by atoms with Gasteiger partial charge in [0.1, 0.15) is 11.4 Å². The molecule has 44 heavy (non-hydrogen) atoms. The van der Waals surface area contributed by atoms with Crippen LogP contribution in [0.4, 0.5) is 24.8 Å². The van der Waals surface area contributed by atoms with Gasteiger partial charge in [-0.15, -0.1) is 0 Å². The van der Waals surface area contributed by atoms with Gasteiger partial charge < -0.3 is 15.5 Å². The van der Waals surface area contributed by atoms with Gasteiger partial charge in [-0.3, -0.25) is 14.2 Å². The van der Waals surface area contributed by atoms with E-state index in [1.165, 1.54) is 24.7 Å². The van der Waals surface area contributed by atoms with Crippen LogP contribution in [-0.2, 0) is 13.1 Å². The Balaban J connectivity index is 1.22. The number of nitrogens with zero attached hydrogens (tertiary/aromatic N) is 5. The Labute approximate surface area is 250 Å². The fourth-order valence-corrected chi connectivity index (χ4v) is 4.33. The maximum atomic E-state index is 15.2. The van der Waals surface area contributed by atoms with E-state index in [1.807, 2.05) is 38.4 Å². The van der Waals surface area contributed by atoms with Crippen molar-refractivity contribution in [3.63, 3.8) is 0 Å². The third kappa shape index (κ3) is 7.08. The van der Waals surface area contributed by atoms with Crippen LogP contribution >= 0.6 is 0 Å². The number of carbonyl (C=O) groups is 1. The van der Waals surface area contributed by atoms with Gasteiger partial charge in [0.15, 0.2) is 11.6 Å². The zero-order valence-electron chi connectivity index (χ0n) is 23.7. The van der Waals surface area contributed by atoms with Crippen LogP contribution in [0.15, 0.2) is 78.1 Å². The molecule has 0 saturated heterocycles. The molecule has 0 atom stereocenters. The Kier molecular flexibility index (Phi) is 8.97. The maximum absolute atomic E-state index is 15.2. The standard InChI is InChI=1S/C32H26F3N7O2/c1-41(2)17-20-5-9-23(10-6-20)39-32-38-16-24-28(40-32)12-8-22(29(24)35)4-3-13-37-30(43)25-15-36-19-42(31(25)44)18-21-7-11-26(33)27(34)14-21/h5-12,14-16,19H,13,17-18H2,1-2H3,(H,37,43)(H,38,39,40). The van der Waals surface area contributed by atoms with E-state index in [0.717, 1.165) is 40.7 Å². The van der Waals surface area contributed by atoms with E-state index in [2.05, 4.69) is 42.3 Å². The normalized spacial score (nSPS) is 10.9. The summed E-state index contributed by atoms with van der Waals surface area (Å²) < 4.78 is 43.0. The van der Waals surface area contributed by atoms with E-state index >= 15 is 4.39 Å². The first-order valence-electron chi connectivity index (χ1n) is 13.4. The third-order valence-electron chi connectivity index (χ3n) is 6.45. The summed E-state index contributed by atoms with van der Waals surface area (Å²) >= 11 is 0. The van der Waals surface area contributed by atoms with Gasteiger partial charge >= 0.3 is 0 Å².